The van der Waals surface area contributed by atoms with Crippen LogP contribution in [0, 0.1) is 5.82 Å². The van der Waals surface area contributed by atoms with Crippen molar-refractivity contribution < 1.29 is 13.9 Å². The minimum Gasteiger partial charge on any atom is -0.378 e. The number of carbonyl (C=O) groups is 1. The van der Waals surface area contributed by atoms with Crippen LogP contribution in [0.2, 0.25) is 5.02 Å². The first-order valence-corrected chi connectivity index (χ1v) is 7.72. The maximum absolute atomic E-state index is 13.3. The predicted octanol–water partition coefficient (Wildman–Crippen LogP) is 3.46. The van der Waals surface area contributed by atoms with Gasteiger partial charge in [-0.3, -0.25) is 4.79 Å². The maximum Gasteiger partial charge on any atom is 0.278 e. The molecule has 0 unspecified atom stereocenters. The summed E-state index contributed by atoms with van der Waals surface area (Å²) in [7, 11) is 1.51. The Kier molecular flexibility index (Phi) is 5.06. The number of benzene rings is 2. The van der Waals surface area contributed by atoms with E-state index >= 15 is 0 Å². The van der Waals surface area contributed by atoms with Gasteiger partial charge in [-0.05, 0) is 42.5 Å². The van der Waals surface area contributed by atoms with Gasteiger partial charge in [-0.2, -0.15) is 0 Å². The molecular formula is C17H14ClFN4O2. The summed E-state index contributed by atoms with van der Waals surface area (Å²) >= 11 is 5.89. The molecule has 0 radical (unpaired) electrons. The summed E-state index contributed by atoms with van der Waals surface area (Å²) in [5.74, 6) is -0.947. The van der Waals surface area contributed by atoms with Crippen molar-refractivity contribution in [3.63, 3.8) is 0 Å². The number of ether oxygens (including phenoxy) is 1. The van der Waals surface area contributed by atoms with Gasteiger partial charge in [0.05, 0.1) is 12.3 Å². The van der Waals surface area contributed by atoms with Crippen LogP contribution in [-0.4, -0.2) is 28.0 Å². The number of anilines is 1. The SMILES string of the molecule is COCc1c(C(=O)Nc2cccc(F)c2)nnn1-c1ccc(Cl)cc1. The molecule has 1 amide bonds. The normalized spacial score (nSPS) is 10.7. The molecule has 0 saturated carbocycles. The van der Waals surface area contributed by atoms with E-state index in [-0.39, 0.29) is 12.3 Å². The molecule has 0 aliphatic heterocycles. The molecule has 6 nitrogen and oxygen atoms in total. The Morgan fingerprint density at radius 2 is 2.04 bits per heavy atom. The quantitative estimate of drug-likeness (QED) is 0.756. The van der Waals surface area contributed by atoms with Crippen LogP contribution in [0.3, 0.4) is 0 Å². The van der Waals surface area contributed by atoms with Gasteiger partial charge in [0, 0.05) is 17.8 Å². The lowest BCUT2D eigenvalue weighted by Crippen LogP contribution is -2.16. The van der Waals surface area contributed by atoms with Crippen molar-refractivity contribution in [1.82, 2.24) is 15.0 Å². The Bertz CT molecular complexity index is 896. The third kappa shape index (κ3) is 3.84. The highest BCUT2D eigenvalue weighted by Gasteiger charge is 2.21. The fourth-order valence-corrected chi connectivity index (χ4v) is 2.42. The van der Waals surface area contributed by atoms with Crippen LogP contribution in [0.4, 0.5) is 10.1 Å². The lowest BCUT2D eigenvalue weighted by Gasteiger charge is -2.08. The number of nitrogens with zero attached hydrogens (tertiary/aromatic N) is 3. The molecule has 1 aromatic heterocycles. The zero-order valence-electron chi connectivity index (χ0n) is 13.2. The summed E-state index contributed by atoms with van der Waals surface area (Å²) in [5.41, 5.74) is 1.59. The highest BCUT2D eigenvalue weighted by molar-refractivity contribution is 6.30. The number of nitrogens with one attached hydrogen (secondary N) is 1. The Labute approximate surface area is 148 Å². The molecule has 2 aromatic carbocycles. The highest BCUT2D eigenvalue weighted by Crippen LogP contribution is 2.18. The molecule has 0 saturated heterocycles. The molecule has 25 heavy (non-hydrogen) atoms. The van der Waals surface area contributed by atoms with Crippen LogP contribution in [0.1, 0.15) is 16.2 Å². The number of methoxy groups -OCH3 is 1. The largest absolute Gasteiger partial charge is 0.378 e. The van der Waals surface area contributed by atoms with E-state index in [1.165, 1.54) is 30.0 Å². The van der Waals surface area contributed by atoms with E-state index < -0.39 is 11.7 Å². The van der Waals surface area contributed by atoms with Crippen LogP contribution in [0.15, 0.2) is 48.5 Å². The molecule has 128 valence electrons. The van der Waals surface area contributed by atoms with Crippen LogP contribution in [0.5, 0.6) is 0 Å². The van der Waals surface area contributed by atoms with E-state index in [9.17, 15) is 9.18 Å². The third-order valence-electron chi connectivity index (χ3n) is 3.41. The number of hydrogen-bond acceptors (Lipinski definition) is 4. The molecule has 3 rings (SSSR count). The Morgan fingerprint density at radius 1 is 1.28 bits per heavy atom. The summed E-state index contributed by atoms with van der Waals surface area (Å²) in [4.78, 5) is 12.5. The van der Waals surface area contributed by atoms with Crippen molar-refractivity contribution in [3.8, 4) is 5.69 Å². The fourth-order valence-electron chi connectivity index (χ4n) is 2.29. The number of hydrogen-bond donors (Lipinski definition) is 1. The van der Waals surface area contributed by atoms with Gasteiger partial charge in [0.2, 0.25) is 0 Å². The summed E-state index contributed by atoms with van der Waals surface area (Å²) in [6.07, 6.45) is 0. The molecule has 8 heteroatoms. The van der Waals surface area contributed by atoms with Crippen LogP contribution in [0.25, 0.3) is 5.69 Å². The maximum atomic E-state index is 13.3. The monoisotopic (exact) mass is 360 g/mol. The van der Waals surface area contributed by atoms with Gasteiger partial charge in [-0.15, -0.1) is 5.10 Å². The average molecular weight is 361 g/mol. The zero-order valence-corrected chi connectivity index (χ0v) is 14.0. The molecule has 0 fully saturated rings. The number of halogens is 2. The van der Waals surface area contributed by atoms with Crippen LogP contribution >= 0.6 is 11.6 Å². The molecule has 1 heterocycles. The van der Waals surface area contributed by atoms with Gasteiger partial charge in [0.1, 0.15) is 11.5 Å². The number of amides is 1. The molecule has 0 spiro atoms. The lowest BCUT2D eigenvalue weighted by molar-refractivity contribution is 0.101. The topological polar surface area (TPSA) is 69.0 Å². The minimum atomic E-state index is -0.502. The Hall–Kier alpha value is -2.77. The lowest BCUT2D eigenvalue weighted by atomic mass is 10.2. The van der Waals surface area contributed by atoms with Crippen molar-refractivity contribution in [3.05, 3.63) is 70.8 Å². The number of rotatable bonds is 5. The molecule has 0 aliphatic rings. The van der Waals surface area contributed by atoms with E-state index in [0.717, 1.165) is 0 Å². The van der Waals surface area contributed by atoms with Crippen LogP contribution in [-0.2, 0) is 11.3 Å². The number of aromatic nitrogens is 3. The minimum absolute atomic E-state index is 0.0982. The van der Waals surface area contributed by atoms with Gasteiger partial charge in [-0.25, -0.2) is 9.07 Å². The molecule has 0 atom stereocenters. The first-order valence-electron chi connectivity index (χ1n) is 7.35. The molecule has 1 N–H and O–H groups in total. The summed E-state index contributed by atoms with van der Waals surface area (Å²) in [6, 6.07) is 12.5. The number of carbonyl (C=O) groups excluding carboxylic acids is 1. The van der Waals surface area contributed by atoms with Gasteiger partial charge in [0.25, 0.3) is 5.91 Å². The van der Waals surface area contributed by atoms with Crippen molar-refractivity contribution in [2.24, 2.45) is 0 Å². The Balaban J connectivity index is 1.93. The van der Waals surface area contributed by atoms with E-state index in [1.54, 1.807) is 30.3 Å². The smallest absolute Gasteiger partial charge is 0.278 e. The van der Waals surface area contributed by atoms with Gasteiger partial charge in [-0.1, -0.05) is 22.9 Å². The van der Waals surface area contributed by atoms with E-state index in [0.29, 0.717) is 22.1 Å². The molecule has 0 aliphatic carbocycles. The second kappa shape index (κ2) is 7.42. The highest BCUT2D eigenvalue weighted by atomic mass is 35.5. The second-order valence-corrected chi connectivity index (χ2v) is 5.61. The first-order chi connectivity index (χ1) is 12.1. The molecule has 3 aromatic rings. The van der Waals surface area contributed by atoms with Crippen molar-refractivity contribution in [1.29, 1.82) is 0 Å². The van der Waals surface area contributed by atoms with Gasteiger partial charge >= 0.3 is 0 Å². The van der Waals surface area contributed by atoms with Gasteiger partial charge in [0.15, 0.2) is 5.69 Å². The van der Waals surface area contributed by atoms with E-state index in [1.807, 2.05) is 0 Å². The van der Waals surface area contributed by atoms with Gasteiger partial charge < -0.3 is 10.1 Å². The third-order valence-corrected chi connectivity index (χ3v) is 3.66. The van der Waals surface area contributed by atoms with Crippen LogP contribution < -0.4 is 5.32 Å². The second-order valence-electron chi connectivity index (χ2n) is 5.17. The average Bonchev–Trinajstić information content (AvgIpc) is 3.00. The first kappa shape index (κ1) is 17.1. The van der Waals surface area contributed by atoms with E-state index in [2.05, 4.69) is 15.6 Å². The fraction of sp³-hybridized carbons (Fsp3) is 0.118. The summed E-state index contributed by atoms with van der Waals surface area (Å²) in [5, 5.41) is 11.2. The predicted molar refractivity (Wildman–Crippen MR) is 91.4 cm³/mol. The summed E-state index contributed by atoms with van der Waals surface area (Å²) < 4.78 is 19.9. The van der Waals surface area contributed by atoms with Crippen molar-refractivity contribution >= 4 is 23.2 Å². The van der Waals surface area contributed by atoms with Crippen molar-refractivity contribution in [2.45, 2.75) is 6.61 Å². The molecule has 0 bridgehead atoms. The zero-order chi connectivity index (χ0) is 17.8. The molecular weight excluding hydrogens is 347 g/mol. The Morgan fingerprint density at radius 3 is 2.72 bits per heavy atom. The summed E-state index contributed by atoms with van der Waals surface area (Å²) in [6.45, 7) is 0.127. The van der Waals surface area contributed by atoms with Crippen molar-refractivity contribution in [2.75, 3.05) is 12.4 Å². The standard InChI is InChI=1S/C17H14ClFN4O2/c1-25-10-15-16(17(24)20-13-4-2-3-12(19)9-13)21-22-23(15)14-7-5-11(18)6-8-14/h2-9H,10H2,1H3,(H,20,24). The van der Waals surface area contributed by atoms with E-state index in [4.69, 9.17) is 16.3 Å².